The molecule has 0 aliphatic rings. The molecule has 0 aromatic heterocycles. The second-order valence-corrected chi connectivity index (χ2v) is 4.17. The lowest BCUT2D eigenvalue weighted by Crippen LogP contribution is -2.04. The Morgan fingerprint density at radius 2 is 1.89 bits per heavy atom. The third-order valence-electron chi connectivity index (χ3n) is 2.53. The number of ketones is 1. The Labute approximate surface area is 110 Å². The van der Waals surface area contributed by atoms with Crippen molar-refractivity contribution in [3.63, 3.8) is 0 Å². The molecule has 0 saturated carbocycles. The van der Waals surface area contributed by atoms with E-state index in [1.807, 2.05) is 13.0 Å². The molecule has 0 rings (SSSR count). The van der Waals surface area contributed by atoms with Crippen molar-refractivity contribution in [3.8, 4) is 0 Å². The number of carbonyl (C=O) groups excluding carboxylic acids is 2. The third kappa shape index (κ3) is 8.74. The molecule has 102 valence electrons. The van der Waals surface area contributed by atoms with E-state index in [9.17, 15) is 9.59 Å². The minimum Gasteiger partial charge on any atom is -0.463 e. The fourth-order valence-electron chi connectivity index (χ4n) is 1.54. The van der Waals surface area contributed by atoms with E-state index >= 15 is 0 Å². The molecule has 0 spiro atoms. The molecule has 0 bridgehead atoms. The van der Waals surface area contributed by atoms with Gasteiger partial charge in [0.2, 0.25) is 0 Å². The number of allylic oxidation sites excluding steroid dienone is 3. The van der Waals surface area contributed by atoms with E-state index in [0.717, 1.165) is 25.7 Å². The van der Waals surface area contributed by atoms with Gasteiger partial charge in [-0.1, -0.05) is 18.6 Å². The van der Waals surface area contributed by atoms with Crippen LogP contribution in [-0.2, 0) is 14.3 Å². The van der Waals surface area contributed by atoms with Crippen molar-refractivity contribution in [3.05, 3.63) is 23.8 Å². The van der Waals surface area contributed by atoms with Gasteiger partial charge in [-0.2, -0.15) is 0 Å². The minimum atomic E-state index is -0.235. The highest BCUT2D eigenvalue weighted by Crippen LogP contribution is 2.07. The minimum absolute atomic E-state index is 0.191. The van der Waals surface area contributed by atoms with Crippen molar-refractivity contribution in [1.82, 2.24) is 0 Å². The summed E-state index contributed by atoms with van der Waals surface area (Å²) >= 11 is 0. The molecule has 0 radical (unpaired) electrons. The van der Waals surface area contributed by atoms with Crippen molar-refractivity contribution < 1.29 is 14.3 Å². The summed E-state index contributed by atoms with van der Waals surface area (Å²) in [4.78, 5) is 22.5. The van der Waals surface area contributed by atoms with Crippen molar-refractivity contribution in [2.24, 2.45) is 0 Å². The number of rotatable bonds is 9. The van der Waals surface area contributed by atoms with Gasteiger partial charge in [-0.3, -0.25) is 4.79 Å². The average Bonchev–Trinajstić information content (AvgIpc) is 2.33. The van der Waals surface area contributed by atoms with Crippen LogP contribution in [0.3, 0.4) is 0 Å². The van der Waals surface area contributed by atoms with Crippen LogP contribution in [0, 0.1) is 0 Å². The Kier molecular flexibility index (Phi) is 9.93. The average molecular weight is 252 g/mol. The summed E-state index contributed by atoms with van der Waals surface area (Å²) in [5.41, 5.74) is 0.668. The van der Waals surface area contributed by atoms with E-state index < -0.39 is 0 Å². The van der Waals surface area contributed by atoms with Crippen LogP contribution in [0.4, 0.5) is 0 Å². The molecule has 0 fully saturated rings. The summed E-state index contributed by atoms with van der Waals surface area (Å²) < 4.78 is 4.88. The van der Waals surface area contributed by atoms with Gasteiger partial charge in [0.25, 0.3) is 0 Å². The molecule has 0 aromatic rings. The highest BCUT2D eigenvalue weighted by Gasteiger charge is 2.03. The number of carbonyl (C=O) groups is 2. The predicted molar refractivity (Wildman–Crippen MR) is 73.3 cm³/mol. The normalized spacial score (nSPS) is 11.8. The monoisotopic (exact) mass is 252 g/mol. The van der Waals surface area contributed by atoms with Gasteiger partial charge in [-0.05, 0) is 46.1 Å². The molecule has 18 heavy (non-hydrogen) atoms. The van der Waals surface area contributed by atoms with Gasteiger partial charge in [0, 0.05) is 12.0 Å². The lowest BCUT2D eigenvalue weighted by atomic mass is 10.1. The molecule has 0 saturated heterocycles. The van der Waals surface area contributed by atoms with Crippen LogP contribution >= 0.6 is 0 Å². The van der Waals surface area contributed by atoms with E-state index in [0.29, 0.717) is 18.6 Å². The van der Waals surface area contributed by atoms with Crippen molar-refractivity contribution in [2.45, 2.75) is 52.9 Å². The van der Waals surface area contributed by atoms with Gasteiger partial charge in [-0.25, -0.2) is 4.79 Å². The van der Waals surface area contributed by atoms with Crippen molar-refractivity contribution in [1.29, 1.82) is 0 Å². The zero-order valence-corrected chi connectivity index (χ0v) is 11.7. The van der Waals surface area contributed by atoms with Crippen molar-refractivity contribution in [2.75, 3.05) is 6.61 Å². The Morgan fingerprint density at radius 3 is 2.50 bits per heavy atom. The zero-order chi connectivity index (χ0) is 13.8. The smallest absolute Gasteiger partial charge is 0.333 e. The maximum atomic E-state index is 11.3. The van der Waals surface area contributed by atoms with E-state index in [1.165, 1.54) is 0 Å². The van der Waals surface area contributed by atoms with Crippen LogP contribution in [0.2, 0.25) is 0 Å². The first-order valence-corrected chi connectivity index (χ1v) is 6.61. The predicted octanol–water partition coefficient (Wildman–Crippen LogP) is 3.59. The standard InChI is InChI=1S/C15H24O3/c1-4-10-14(16)12-9-7-6-8-11-13(3)15(17)18-5-2/h4,10-11H,5-9,12H2,1-3H3/b10-4+,13-11+. The first-order valence-electron chi connectivity index (χ1n) is 6.61. The number of unbranched alkanes of at least 4 members (excludes halogenated alkanes) is 3. The maximum absolute atomic E-state index is 11.3. The number of ether oxygens (including phenoxy) is 1. The summed E-state index contributed by atoms with van der Waals surface area (Å²) in [6.07, 6.45) is 9.70. The molecule has 0 amide bonds. The summed E-state index contributed by atoms with van der Waals surface area (Å²) in [7, 11) is 0. The summed E-state index contributed by atoms with van der Waals surface area (Å²) in [6.45, 7) is 5.83. The van der Waals surface area contributed by atoms with Gasteiger partial charge >= 0.3 is 5.97 Å². The Balaban J connectivity index is 3.64. The molecule has 3 heteroatoms. The largest absolute Gasteiger partial charge is 0.463 e. The van der Waals surface area contributed by atoms with Crippen LogP contribution in [-0.4, -0.2) is 18.4 Å². The van der Waals surface area contributed by atoms with Gasteiger partial charge in [-0.15, -0.1) is 0 Å². The second kappa shape index (κ2) is 10.8. The van der Waals surface area contributed by atoms with Crippen LogP contribution < -0.4 is 0 Å². The Hall–Kier alpha value is -1.38. The zero-order valence-electron chi connectivity index (χ0n) is 11.7. The molecular formula is C15H24O3. The van der Waals surface area contributed by atoms with Gasteiger partial charge < -0.3 is 4.74 Å². The molecule has 0 unspecified atom stereocenters. The van der Waals surface area contributed by atoms with Crippen LogP contribution in [0.15, 0.2) is 23.8 Å². The number of hydrogen-bond acceptors (Lipinski definition) is 3. The molecule has 0 atom stereocenters. The number of esters is 1. The highest BCUT2D eigenvalue weighted by molar-refractivity contribution is 5.89. The van der Waals surface area contributed by atoms with Gasteiger partial charge in [0.15, 0.2) is 5.78 Å². The Bertz CT molecular complexity index is 314. The number of hydrogen-bond donors (Lipinski definition) is 0. The molecule has 0 aromatic carbocycles. The SMILES string of the molecule is C/C=C/C(=O)CCCCC/C=C(\C)C(=O)OCC. The van der Waals surface area contributed by atoms with E-state index in [2.05, 4.69) is 0 Å². The lowest BCUT2D eigenvalue weighted by molar-refractivity contribution is -0.138. The maximum Gasteiger partial charge on any atom is 0.333 e. The third-order valence-corrected chi connectivity index (χ3v) is 2.53. The first kappa shape index (κ1) is 16.6. The fourth-order valence-corrected chi connectivity index (χ4v) is 1.54. The highest BCUT2D eigenvalue weighted by atomic mass is 16.5. The van der Waals surface area contributed by atoms with Gasteiger partial charge in [0.05, 0.1) is 6.61 Å². The van der Waals surface area contributed by atoms with Crippen LogP contribution in [0.1, 0.15) is 52.9 Å². The van der Waals surface area contributed by atoms with E-state index in [1.54, 1.807) is 26.0 Å². The molecule has 0 aliphatic heterocycles. The summed E-state index contributed by atoms with van der Waals surface area (Å²) in [5, 5.41) is 0. The molecule has 0 aliphatic carbocycles. The molecular weight excluding hydrogens is 228 g/mol. The molecule has 0 heterocycles. The first-order chi connectivity index (χ1) is 8.61. The van der Waals surface area contributed by atoms with E-state index in [-0.39, 0.29) is 11.8 Å². The summed E-state index contributed by atoms with van der Waals surface area (Å²) in [5.74, 6) is -0.0449. The van der Waals surface area contributed by atoms with Crippen LogP contribution in [0.25, 0.3) is 0 Å². The second-order valence-electron chi connectivity index (χ2n) is 4.17. The molecule has 3 nitrogen and oxygen atoms in total. The quantitative estimate of drug-likeness (QED) is 0.358. The fraction of sp³-hybridized carbons (Fsp3) is 0.600. The van der Waals surface area contributed by atoms with Crippen molar-refractivity contribution >= 4 is 11.8 Å². The molecule has 0 N–H and O–H groups in total. The Morgan fingerprint density at radius 1 is 1.17 bits per heavy atom. The van der Waals surface area contributed by atoms with Crippen LogP contribution in [0.5, 0.6) is 0 Å². The summed E-state index contributed by atoms with van der Waals surface area (Å²) in [6, 6.07) is 0. The topological polar surface area (TPSA) is 43.4 Å². The van der Waals surface area contributed by atoms with E-state index in [4.69, 9.17) is 4.74 Å². The lowest BCUT2D eigenvalue weighted by Gasteiger charge is -2.01. The van der Waals surface area contributed by atoms with Gasteiger partial charge in [0.1, 0.15) is 0 Å².